The van der Waals surface area contributed by atoms with Gasteiger partial charge < -0.3 is 5.32 Å². The van der Waals surface area contributed by atoms with Crippen LogP contribution in [-0.4, -0.2) is 6.54 Å². The highest BCUT2D eigenvalue weighted by atomic mass is 79.9. The maximum Gasteiger partial charge on any atom is 0.0548 e. The Kier molecular flexibility index (Phi) is 4.89. The molecule has 17 heavy (non-hydrogen) atoms. The summed E-state index contributed by atoms with van der Waals surface area (Å²) in [5.74, 6) is 0.992. The van der Waals surface area contributed by atoms with E-state index in [2.05, 4.69) is 40.3 Å². The average molecular weight is 317 g/mol. The summed E-state index contributed by atoms with van der Waals surface area (Å²) in [4.78, 5) is 0. The van der Waals surface area contributed by atoms with Crippen LogP contribution in [0.3, 0.4) is 0 Å². The SMILES string of the molecule is CCNC(CCC1CC1)c1ccc(Cl)c(Br)c1. The smallest absolute Gasteiger partial charge is 0.0548 e. The van der Waals surface area contributed by atoms with Crippen molar-refractivity contribution in [3.05, 3.63) is 33.3 Å². The van der Waals surface area contributed by atoms with Gasteiger partial charge in [0.15, 0.2) is 0 Å². The molecule has 1 aromatic rings. The lowest BCUT2D eigenvalue weighted by Crippen LogP contribution is -2.21. The molecular formula is C14H19BrClN. The first-order valence-corrected chi connectivity index (χ1v) is 7.56. The van der Waals surface area contributed by atoms with Crippen molar-refractivity contribution in [3.63, 3.8) is 0 Å². The normalized spacial score (nSPS) is 17.1. The zero-order valence-corrected chi connectivity index (χ0v) is 12.5. The Morgan fingerprint density at radius 3 is 2.82 bits per heavy atom. The summed E-state index contributed by atoms with van der Waals surface area (Å²) < 4.78 is 0.992. The molecule has 0 amide bonds. The molecular weight excluding hydrogens is 298 g/mol. The molecule has 1 unspecified atom stereocenters. The number of rotatable bonds is 6. The van der Waals surface area contributed by atoms with Crippen molar-refractivity contribution in [2.75, 3.05) is 6.54 Å². The Morgan fingerprint density at radius 2 is 2.24 bits per heavy atom. The van der Waals surface area contributed by atoms with E-state index in [0.717, 1.165) is 22.0 Å². The molecule has 0 aromatic heterocycles. The van der Waals surface area contributed by atoms with Crippen LogP contribution >= 0.6 is 27.5 Å². The second-order valence-electron chi connectivity index (χ2n) is 4.80. The van der Waals surface area contributed by atoms with Crippen LogP contribution < -0.4 is 5.32 Å². The summed E-state index contributed by atoms with van der Waals surface area (Å²) in [6.45, 7) is 3.17. The van der Waals surface area contributed by atoms with E-state index < -0.39 is 0 Å². The van der Waals surface area contributed by atoms with Gasteiger partial charge in [-0.3, -0.25) is 0 Å². The summed E-state index contributed by atoms with van der Waals surface area (Å²) in [7, 11) is 0. The van der Waals surface area contributed by atoms with Crippen LogP contribution in [0.5, 0.6) is 0 Å². The van der Waals surface area contributed by atoms with E-state index in [1.165, 1.54) is 31.2 Å². The first kappa shape index (κ1) is 13.4. The van der Waals surface area contributed by atoms with E-state index in [9.17, 15) is 0 Å². The van der Waals surface area contributed by atoms with Crippen LogP contribution in [0, 0.1) is 5.92 Å². The fourth-order valence-electron chi connectivity index (χ4n) is 2.17. The lowest BCUT2D eigenvalue weighted by atomic mass is 10.0. The van der Waals surface area contributed by atoms with Gasteiger partial charge in [0, 0.05) is 10.5 Å². The standard InChI is InChI=1S/C14H19BrClN/c1-2-17-14(8-5-10-3-4-10)11-6-7-13(16)12(15)9-11/h6-7,9-10,14,17H,2-5,8H2,1H3. The lowest BCUT2D eigenvalue weighted by molar-refractivity contribution is 0.481. The van der Waals surface area contributed by atoms with Gasteiger partial charge in [-0.1, -0.05) is 37.4 Å². The molecule has 1 atom stereocenters. The van der Waals surface area contributed by atoms with Gasteiger partial charge in [-0.25, -0.2) is 0 Å². The van der Waals surface area contributed by atoms with Gasteiger partial charge in [-0.05, 0) is 58.9 Å². The maximum absolute atomic E-state index is 6.03. The first-order chi connectivity index (χ1) is 8.20. The minimum Gasteiger partial charge on any atom is -0.310 e. The Labute approximate surface area is 117 Å². The fourth-order valence-corrected chi connectivity index (χ4v) is 2.69. The van der Waals surface area contributed by atoms with E-state index in [0.29, 0.717) is 6.04 Å². The zero-order valence-electron chi connectivity index (χ0n) is 10.2. The summed E-state index contributed by atoms with van der Waals surface area (Å²) >= 11 is 9.53. The van der Waals surface area contributed by atoms with Crippen LogP contribution in [0.4, 0.5) is 0 Å². The van der Waals surface area contributed by atoms with E-state index in [1.807, 2.05) is 6.07 Å². The van der Waals surface area contributed by atoms with Crippen molar-refractivity contribution in [1.29, 1.82) is 0 Å². The molecule has 1 fully saturated rings. The van der Waals surface area contributed by atoms with Gasteiger partial charge >= 0.3 is 0 Å². The highest BCUT2D eigenvalue weighted by molar-refractivity contribution is 9.10. The van der Waals surface area contributed by atoms with Crippen molar-refractivity contribution in [2.45, 2.75) is 38.6 Å². The predicted octanol–water partition coefficient (Wildman–Crippen LogP) is 4.94. The number of halogens is 2. The summed E-state index contributed by atoms with van der Waals surface area (Å²) in [6, 6.07) is 6.72. The zero-order chi connectivity index (χ0) is 12.3. The summed E-state index contributed by atoms with van der Waals surface area (Å²) in [6.07, 6.45) is 5.44. The van der Waals surface area contributed by atoms with Crippen molar-refractivity contribution < 1.29 is 0 Å². The van der Waals surface area contributed by atoms with Gasteiger partial charge in [-0.15, -0.1) is 0 Å². The van der Waals surface area contributed by atoms with Gasteiger partial charge in [-0.2, -0.15) is 0 Å². The van der Waals surface area contributed by atoms with E-state index in [4.69, 9.17) is 11.6 Å². The van der Waals surface area contributed by atoms with E-state index in [1.54, 1.807) is 0 Å². The highest BCUT2D eigenvalue weighted by Gasteiger charge is 2.23. The molecule has 0 aliphatic heterocycles. The number of benzene rings is 1. The molecule has 1 nitrogen and oxygen atoms in total. The third-order valence-corrected chi connectivity index (χ3v) is 4.57. The molecule has 3 heteroatoms. The second kappa shape index (κ2) is 6.21. The lowest BCUT2D eigenvalue weighted by Gasteiger charge is -2.18. The van der Waals surface area contributed by atoms with E-state index in [-0.39, 0.29) is 0 Å². The van der Waals surface area contributed by atoms with Crippen molar-refractivity contribution in [3.8, 4) is 0 Å². The number of hydrogen-bond donors (Lipinski definition) is 1. The molecule has 0 heterocycles. The van der Waals surface area contributed by atoms with Crippen molar-refractivity contribution in [2.24, 2.45) is 5.92 Å². The minimum atomic E-state index is 0.467. The third kappa shape index (κ3) is 3.97. The van der Waals surface area contributed by atoms with Crippen molar-refractivity contribution in [1.82, 2.24) is 5.32 Å². The Bertz CT molecular complexity index is 376. The van der Waals surface area contributed by atoms with Gasteiger partial charge in [0.2, 0.25) is 0 Å². The molecule has 1 aromatic carbocycles. The van der Waals surface area contributed by atoms with Crippen LogP contribution in [-0.2, 0) is 0 Å². The van der Waals surface area contributed by atoms with Crippen LogP contribution in [0.1, 0.15) is 44.2 Å². The molecule has 0 bridgehead atoms. The third-order valence-electron chi connectivity index (χ3n) is 3.36. The molecule has 0 radical (unpaired) electrons. The number of hydrogen-bond acceptors (Lipinski definition) is 1. The molecule has 0 spiro atoms. The Hall–Kier alpha value is -0.0500. The van der Waals surface area contributed by atoms with Crippen LogP contribution in [0.25, 0.3) is 0 Å². The van der Waals surface area contributed by atoms with Gasteiger partial charge in [0.1, 0.15) is 0 Å². The molecule has 0 saturated heterocycles. The average Bonchev–Trinajstić information content (AvgIpc) is 3.12. The Morgan fingerprint density at radius 1 is 1.47 bits per heavy atom. The van der Waals surface area contributed by atoms with Crippen LogP contribution in [0.2, 0.25) is 5.02 Å². The molecule has 2 rings (SSSR count). The largest absolute Gasteiger partial charge is 0.310 e. The predicted molar refractivity (Wildman–Crippen MR) is 77.5 cm³/mol. The first-order valence-electron chi connectivity index (χ1n) is 6.39. The van der Waals surface area contributed by atoms with Gasteiger partial charge in [0.05, 0.1) is 5.02 Å². The molecule has 1 saturated carbocycles. The van der Waals surface area contributed by atoms with Crippen molar-refractivity contribution >= 4 is 27.5 Å². The monoisotopic (exact) mass is 315 g/mol. The fraction of sp³-hybridized carbons (Fsp3) is 0.571. The molecule has 1 aliphatic carbocycles. The molecule has 94 valence electrons. The number of nitrogens with one attached hydrogen (secondary N) is 1. The highest BCUT2D eigenvalue weighted by Crippen LogP contribution is 2.36. The summed E-state index contributed by atoms with van der Waals surface area (Å²) in [5, 5.41) is 4.35. The second-order valence-corrected chi connectivity index (χ2v) is 6.07. The maximum atomic E-state index is 6.03. The van der Waals surface area contributed by atoms with Crippen LogP contribution in [0.15, 0.2) is 22.7 Å². The van der Waals surface area contributed by atoms with E-state index >= 15 is 0 Å². The molecule has 1 aliphatic rings. The Balaban J connectivity index is 2.03. The van der Waals surface area contributed by atoms with Gasteiger partial charge in [0.25, 0.3) is 0 Å². The molecule has 1 N–H and O–H groups in total. The topological polar surface area (TPSA) is 12.0 Å². The quantitative estimate of drug-likeness (QED) is 0.783. The minimum absolute atomic E-state index is 0.467. The summed E-state index contributed by atoms with van der Waals surface area (Å²) in [5.41, 5.74) is 1.34.